The summed E-state index contributed by atoms with van der Waals surface area (Å²) in [6.45, 7) is 4.45. The number of hydrogen-bond donors (Lipinski definition) is 1. The first kappa shape index (κ1) is 16.4. The number of piperazine rings is 1. The Balaban J connectivity index is 1.85. The van der Waals surface area contributed by atoms with Crippen molar-refractivity contribution in [3.63, 3.8) is 0 Å². The van der Waals surface area contributed by atoms with Crippen molar-refractivity contribution in [2.75, 3.05) is 39.3 Å². The Kier molecular flexibility index (Phi) is 5.74. The van der Waals surface area contributed by atoms with Crippen LogP contribution in [-0.4, -0.2) is 66.7 Å². The van der Waals surface area contributed by atoms with E-state index in [1.54, 1.807) is 17.4 Å². The van der Waals surface area contributed by atoms with Crippen LogP contribution in [0.2, 0.25) is 0 Å². The lowest BCUT2D eigenvalue weighted by Gasteiger charge is -2.33. The molecule has 2 heterocycles. The third-order valence-corrected chi connectivity index (χ3v) is 5.86. The summed E-state index contributed by atoms with van der Waals surface area (Å²) in [7, 11) is -1.76. The molecule has 21 heavy (non-hydrogen) atoms. The summed E-state index contributed by atoms with van der Waals surface area (Å²) in [4.78, 5) is 2.33. The molecule has 2 N–H and O–H groups in total. The molecule has 0 spiro atoms. The first-order valence-electron chi connectivity index (χ1n) is 7.46. The molecule has 0 radical (unpaired) electrons. The van der Waals surface area contributed by atoms with E-state index in [2.05, 4.69) is 10.00 Å². The number of nitrogens with zero attached hydrogens (tertiary/aromatic N) is 4. The lowest BCUT2D eigenvalue weighted by atomic mass is 10.2. The van der Waals surface area contributed by atoms with Gasteiger partial charge >= 0.3 is 0 Å². The van der Waals surface area contributed by atoms with Crippen molar-refractivity contribution >= 4 is 10.0 Å². The van der Waals surface area contributed by atoms with E-state index in [0.717, 1.165) is 45.4 Å². The van der Waals surface area contributed by atoms with Gasteiger partial charge in [0, 0.05) is 33.2 Å². The Bertz CT molecular complexity index is 535. The molecule has 0 amide bonds. The van der Waals surface area contributed by atoms with Crippen molar-refractivity contribution < 1.29 is 8.42 Å². The van der Waals surface area contributed by atoms with Crippen molar-refractivity contribution in [1.82, 2.24) is 19.0 Å². The minimum Gasteiger partial charge on any atom is -0.330 e. The number of aryl methyl sites for hydroxylation is 1. The predicted octanol–water partition coefficient (Wildman–Crippen LogP) is -0.145. The Morgan fingerprint density at radius 3 is 2.48 bits per heavy atom. The van der Waals surface area contributed by atoms with E-state index in [-0.39, 0.29) is 5.03 Å². The van der Waals surface area contributed by atoms with Crippen LogP contribution in [-0.2, 0) is 17.1 Å². The van der Waals surface area contributed by atoms with E-state index in [9.17, 15) is 8.42 Å². The van der Waals surface area contributed by atoms with Crippen LogP contribution in [0.1, 0.15) is 19.3 Å². The largest absolute Gasteiger partial charge is 0.330 e. The van der Waals surface area contributed by atoms with Gasteiger partial charge in [-0.05, 0) is 32.0 Å². The van der Waals surface area contributed by atoms with Gasteiger partial charge in [0.2, 0.25) is 0 Å². The molecule has 0 unspecified atom stereocenters. The van der Waals surface area contributed by atoms with Crippen molar-refractivity contribution in [3.05, 3.63) is 12.3 Å². The van der Waals surface area contributed by atoms with Crippen LogP contribution in [0.5, 0.6) is 0 Å². The molecular weight excluding hydrogens is 290 g/mol. The average molecular weight is 315 g/mol. The minimum absolute atomic E-state index is 0.263. The topological polar surface area (TPSA) is 84.5 Å². The lowest BCUT2D eigenvalue weighted by Crippen LogP contribution is -2.49. The summed E-state index contributed by atoms with van der Waals surface area (Å²) in [5.74, 6) is 0. The number of sulfonamides is 1. The molecule has 0 aromatic carbocycles. The monoisotopic (exact) mass is 315 g/mol. The van der Waals surface area contributed by atoms with Crippen molar-refractivity contribution in [3.8, 4) is 0 Å². The quantitative estimate of drug-likeness (QED) is 0.708. The molecule has 2 rings (SSSR count). The number of aromatic nitrogens is 2. The van der Waals surface area contributed by atoms with Crippen LogP contribution in [0, 0.1) is 0 Å². The highest BCUT2D eigenvalue weighted by Crippen LogP contribution is 2.16. The molecule has 1 saturated heterocycles. The molecule has 0 saturated carbocycles. The molecule has 1 aliphatic heterocycles. The second-order valence-corrected chi connectivity index (χ2v) is 7.27. The van der Waals surface area contributed by atoms with Crippen LogP contribution < -0.4 is 5.73 Å². The van der Waals surface area contributed by atoms with Crippen LogP contribution in [0.3, 0.4) is 0 Å². The summed E-state index contributed by atoms with van der Waals surface area (Å²) in [6, 6.07) is 1.55. The molecule has 0 atom stereocenters. The van der Waals surface area contributed by atoms with Crippen molar-refractivity contribution in [2.45, 2.75) is 24.3 Å². The van der Waals surface area contributed by atoms with E-state index in [1.165, 1.54) is 10.9 Å². The summed E-state index contributed by atoms with van der Waals surface area (Å²) in [6.07, 6.45) is 4.85. The first-order chi connectivity index (χ1) is 10.1. The van der Waals surface area contributed by atoms with Gasteiger partial charge in [0.1, 0.15) is 0 Å². The molecular formula is C13H25N5O2S. The fraction of sp³-hybridized carbons (Fsp3) is 0.769. The zero-order valence-corrected chi connectivity index (χ0v) is 13.4. The van der Waals surface area contributed by atoms with Gasteiger partial charge in [-0.25, -0.2) is 8.42 Å². The highest BCUT2D eigenvalue weighted by atomic mass is 32.2. The maximum atomic E-state index is 12.5. The summed E-state index contributed by atoms with van der Waals surface area (Å²) in [5, 5.41) is 4.20. The lowest BCUT2D eigenvalue weighted by molar-refractivity contribution is 0.185. The van der Waals surface area contributed by atoms with E-state index >= 15 is 0 Å². The van der Waals surface area contributed by atoms with Crippen molar-refractivity contribution in [1.29, 1.82) is 0 Å². The smallest absolute Gasteiger partial charge is 0.260 e. The molecule has 0 aliphatic carbocycles. The van der Waals surface area contributed by atoms with Crippen LogP contribution in [0.25, 0.3) is 0 Å². The SMILES string of the molecule is Cn1nccc1S(=O)(=O)N1CCN(CCCCCN)CC1. The van der Waals surface area contributed by atoms with E-state index < -0.39 is 10.0 Å². The van der Waals surface area contributed by atoms with Crippen LogP contribution >= 0.6 is 0 Å². The average Bonchev–Trinajstić information content (AvgIpc) is 2.91. The zero-order valence-electron chi connectivity index (χ0n) is 12.6. The van der Waals surface area contributed by atoms with Gasteiger partial charge in [-0.15, -0.1) is 0 Å². The Hall–Kier alpha value is -0.960. The molecule has 8 heteroatoms. The molecule has 1 aliphatic rings. The second kappa shape index (κ2) is 7.35. The predicted molar refractivity (Wildman–Crippen MR) is 81.3 cm³/mol. The van der Waals surface area contributed by atoms with Crippen LogP contribution in [0.15, 0.2) is 17.3 Å². The highest BCUT2D eigenvalue weighted by molar-refractivity contribution is 7.89. The van der Waals surface area contributed by atoms with Crippen LogP contribution in [0.4, 0.5) is 0 Å². The Morgan fingerprint density at radius 2 is 1.90 bits per heavy atom. The number of hydrogen-bond acceptors (Lipinski definition) is 5. The van der Waals surface area contributed by atoms with Gasteiger partial charge in [0.25, 0.3) is 10.0 Å². The summed E-state index contributed by atoms with van der Waals surface area (Å²) < 4.78 is 28.0. The van der Waals surface area contributed by atoms with Gasteiger partial charge in [-0.1, -0.05) is 6.42 Å². The van der Waals surface area contributed by atoms with Crippen molar-refractivity contribution in [2.24, 2.45) is 12.8 Å². The molecule has 1 aromatic rings. The fourth-order valence-electron chi connectivity index (χ4n) is 2.60. The fourth-order valence-corrected chi connectivity index (χ4v) is 4.12. The van der Waals surface area contributed by atoms with E-state index in [1.807, 2.05) is 0 Å². The zero-order chi connectivity index (χ0) is 15.3. The van der Waals surface area contributed by atoms with Gasteiger partial charge in [-0.2, -0.15) is 9.40 Å². The molecule has 120 valence electrons. The molecule has 7 nitrogen and oxygen atoms in total. The highest BCUT2D eigenvalue weighted by Gasteiger charge is 2.30. The number of unbranched alkanes of at least 4 members (excludes halogenated alkanes) is 2. The number of rotatable bonds is 7. The van der Waals surface area contributed by atoms with E-state index in [4.69, 9.17) is 5.73 Å². The normalized spacial score (nSPS) is 18.2. The third-order valence-electron chi connectivity index (χ3n) is 3.89. The second-order valence-electron chi connectivity index (χ2n) is 5.39. The number of nitrogens with two attached hydrogens (primary N) is 1. The minimum atomic E-state index is -3.41. The van der Waals surface area contributed by atoms with Gasteiger partial charge in [0.05, 0.1) is 6.20 Å². The molecule has 1 fully saturated rings. The van der Waals surface area contributed by atoms with Gasteiger partial charge in [-0.3, -0.25) is 4.68 Å². The molecule has 0 bridgehead atoms. The standard InChI is InChI=1S/C13H25N5O2S/c1-16-13(5-7-15-16)21(19,20)18-11-9-17(10-12-18)8-4-2-3-6-14/h5,7H,2-4,6,8-12,14H2,1H3. The van der Waals surface area contributed by atoms with Gasteiger partial charge in [0.15, 0.2) is 5.03 Å². The Labute approximate surface area is 126 Å². The maximum absolute atomic E-state index is 12.5. The summed E-state index contributed by atoms with van der Waals surface area (Å²) in [5.41, 5.74) is 5.48. The maximum Gasteiger partial charge on any atom is 0.260 e. The Morgan fingerprint density at radius 1 is 1.19 bits per heavy atom. The van der Waals surface area contributed by atoms with E-state index in [0.29, 0.717) is 13.1 Å². The third kappa shape index (κ3) is 4.03. The molecule has 1 aromatic heterocycles. The first-order valence-corrected chi connectivity index (χ1v) is 8.90. The van der Waals surface area contributed by atoms with Gasteiger partial charge < -0.3 is 10.6 Å². The summed E-state index contributed by atoms with van der Waals surface area (Å²) >= 11 is 0.